The molecule has 0 fully saturated rings. The third-order valence-electron chi connectivity index (χ3n) is 9.11. The van der Waals surface area contributed by atoms with Gasteiger partial charge in [-0.2, -0.15) is 0 Å². The smallest absolute Gasteiger partial charge is 0.247 e. The summed E-state index contributed by atoms with van der Waals surface area (Å²) in [6.07, 6.45) is 43.2. The topological polar surface area (TPSA) is 72.3 Å². The number of halogens is 3. The molecule has 0 aromatic carbocycles. The Morgan fingerprint density at radius 2 is 0.826 bits per heavy atom. The molecule has 0 aliphatic heterocycles. The first kappa shape index (κ1) is 52.6. The van der Waals surface area contributed by atoms with E-state index in [1.807, 2.05) is 4.90 Å². The number of carbonyl (C=O) groups is 1. The Morgan fingerprint density at radius 1 is 0.543 bits per heavy atom. The molecule has 0 rings (SSSR count). The van der Waals surface area contributed by atoms with E-state index in [0.717, 1.165) is 25.9 Å². The van der Waals surface area contributed by atoms with Crippen molar-refractivity contribution in [3.05, 3.63) is 24.8 Å². The van der Waals surface area contributed by atoms with Gasteiger partial charge in [0, 0.05) is 19.6 Å². The van der Waals surface area contributed by atoms with Crippen molar-refractivity contribution in [3.8, 4) is 0 Å². The van der Waals surface area contributed by atoms with Crippen LogP contribution in [0.1, 0.15) is 194 Å². The number of amides is 1. The second kappa shape index (κ2) is 40.9. The summed E-state index contributed by atoms with van der Waals surface area (Å²) in [6, 6.07) is 0. The minimum Gasteiger partial charge on any atom is -0.341 e. The van der Waals surface area contributed by atoms with E-state index in [9.17, 15) is 4.79 Å². The second-order valence-corrected chi connectivity index (χ2v) is 13.3. The molecule has 1 unspecified atom stereocenters. The van der Waals surface area contributed by atoms with Gasteiger partial charge in [-0.3, -0.25) is 4.79 Å². The zero-order valence-electron chi connectivity index (χ0n) is 30.6. The number of hydrogen-bond acceptors (Lipinski definition) is 3. The summed E-state index contributed by atoms with van der Waals surface area (Å²) in [4.78, 5) is 15.2. The van der Waals surface area contributed by atoms with E-state index >= 15 is 0 Å². The molecule has 0 aromatic heterocycles. The van der Waals surface area contributed by atoms with Crippen molar-refractivity contribution < 1.29 is 4.79 Å². The first-order valence-electron chi connectivity index (χ1n) is 19.1. The van der Waals surface area contributed by atoms with E-state index in [2.05, 4.69) is 32.6 Å². The van der Waals surface area contributed by atoms with Gasteiger partial charge in [0.2, 0.25) is 5.91 Å². The SMILES string of the molecule is C=CC(N)(CN)C(=O)N(CCCCCCCCC=CCCCCCCCC)CCCCCCCCCCCCCCCC.Cl.Cl.Cl. The lowest BCUT2D eigenvalue weighted by Crippen LogP contribution is -2.58. The van der Waals surface area contributed by atoms with Gasteiger partial charge in [-0.15, -0.1) is 43.8 Å². The lowest BCUT2D eigenvalue weighted by molar-refractivity contribution is -0.135. The van der Waals surface area contributed by atoms with Crippen molar-refractivity contribution in [2.24, 2.45) is 11.5 Å². The molecule has 4 nitrogen and oxygen atoms in total. The Morgan fingerprint density at radius 3 is 1.11 bits per heavy atom. The maximum absolute atomic E-state index is 13.2. The van der Waals surface area contributed by atoms with Gasteiger partial charge in [-0.25, -0.2) is 0 Å². The zero-order chi connectivity index (χ0) is 31.7. The normalized spacial score (nSPS) is 12.2. The van der Waals surface area contributed by atoms with Crippen LogP contribution in [0, 0.1) is 0 Å². The highest BCUT2D eigenvalue weighted by Gasteiger charge is 2.32. The van der Waals surface area contributed by atoms with Crippen molar-refractivity contribution in [2.45, 2.75) is 199 Å². The summed E-state index contributed by atoms with van der Waals surface area (Å²) in [5.74, 6) is -0.0487. The maximum Gasteiger partial charge on any atom is 0.247 e. The van der Waals surface area contributed by atoms with Crippen molar-refractivity contribution in [1.82, 2.24) is 4.90 Å². The average molecular weight is 713 g/mol. The second-order valence-electron chi connectivity index (χ2n) is 13.3. The van der Waals surface area contributed by atoms with Gasteiger partial charge >= 0.3 is 0 Å². The molecule has 1 atom stereocenters. The largest absolute Gasteiger partial charge is 0.341 e. The highest BCUT2D eigenvalue weighted by molar-refractivity contribution is 5.88. The van der Waals surface area contributed by atoms with Gasteiger partial charge in [-0.1, -0.05) is 173 Å². The van der Waals surface area contributed by atoms with Crippen LogP contribution in [0.4, 0.5) is 0 Å². The third kappa shape index (κ3) is 32.3. The van der Waals surface area contributed by atoms with Crippen molar-refractivity contribution >= 4 is 43.1 Å². The van der Waals surface area contributed by atoms with Crippen LogP contribution in [0.25, 0.3) is 0 Å². The van der Waals surface area contributed by atoms with Gasteiger partial charge in [0.1, 0.15) is 5.54 Å². The summed E-state index contributed by atoms with van der Waals surface area (Å²) in [5.41, 5.74) is 11.1. The van der Waals surface area contributed by atoms with Crippen molar-refractivity contribution in [3.63, 3.8) is 0 Å². The zero-order valence-corrected chi connectivity index (χ0v) is 33.0. The number of unbranched alkanes of at least 4 members (excludes halogenated alkanes) is 25. The molecule has 0 aliphatic rings. The molecule has 0 aliphatic carbocycles. The Balaban J connectivity index is -0.00000294. The molecule has 1 amide bonds. The van der Waals surface area contributed by atoms with Crippen LogP contribution in [0.2, 0.25) is 0 Å². The molecule has 7 heteroatoms. The molecule has 0 saturated carbocycles. The van der Waals surface area contributed by atoms with E-state index in [0.29, 0.717) is 0 Å². The number of hydrogen-bond donors (Lipinski definition) is 2. The van der Waals surface area contributed by atoms with Crippen LogP contribution >= 0.6 is 37.2 Å². The molecule has 0 heterocycles. The van der Waals surface area contributed by atoms with Crippen LogP contribution in [0.3, 0.4) is 0 Å². The van der Waals surface area contributed by atoms with Gasteiger partial charge in [-0.05, 0) is 38.5 Å². The quantitative estimate of drug-likeness (QED) is 0.0515. The number of carbonyl (C=O) groups excluding carboxylic acids is 1. The lowest BCUT2D eigenvalue weighted by Gasteiger charge is -2.31. The fraction of sp³-hybridized carbons (Fsp3) is 0.872. The maximum atomic E-state index is 13.2. The molecule has 0 radical (unpaired) electrons. The Hall–Kier alpha value is -0.260. The highest BCUT2D eigenvalue weighted by Crippen LogP contribution is 2.16. The number of rotatable bonds is 34. The first-order chi connectivity index (χ1) is 21.1. The molecule has 4 N–H and O–H groups in total. The highest BCUT2D eigenvalue weighted by atomic mass is 35.5. The third-order valence-corrected chi connectivity index (χ3v) is 9.11. The van der Waals surface area contributed by atoms with Gasteiger partial charge in [0.25, 0.3) is 0 Å². The van der Waals surface area contributed by atoms with Gasteiger partial charge in [0.15, 0.2) is 0 Å². The van der Waals surface area contributed by atoms with Crippen LogP contribution in [-0.4, -0.2) is 36.0 Å². The van der Waals surface area contributed by atoms with Crippen molar-refractivity contribution in [2.75, 3.05) is 19.6 Å². The van der Waals surface area contributed by atoms with Crippen molar-refractivity contribution in [1.29, 1.82) is 0 Å². The van der Waals surface area contributed by atoms with Crippen LogP contribution in [-0.2, 0) is 4.79 Å². The summed E-state index contributed by atoms with van der Waals surface area (Å²) in [5, 5.41) is 0. The molecular weight excluding hydrogens is 633 g/mol. The fourth-order valence-corrected chi connectivity index (χ4v) is 5.91. The molecule has 0 spiro atoms. The minimum absolute atomic E-state index is 0. The van der Waals surface area contributed by atoms with Gasteiger partial charge < -0.3 is 16.4 Å². The van der Waals surface area contributed by atoms with Crippen LogP contribution < -0.4 is 11.5 Å². The van der Waals surface area contributed by atoms with Crippen LogP contribution in [0.5, 0.6) is 0 Å². The molecule has 0 saturated heterocycles. The van der Waals surface area contributed by atoms with E-state index in [-0.39, 0.29) is 49.7 Å². The standard InChI is InChI=1S/C39H77N3O.3ClH/c1-4-7-9-11-13-15-17-19-21-22-24-26-28-30-32-34-36-42(38(43)39(41,6-3)37-40)35-33-31-29-27-25-23-20-18-16-14-12-10-8-5-2;;;/h6,19,21H,3-5,7-18,20,22-37,40-41H2,1-2H3;3*1H. The summed E-state index contributed by atoms with van der Waals surface area (Å²) in [6.45, 7) is 10.0. The molecule has 0 bridgehead atoms. The first-order valence-corrected chi connectivity index (χ1v) is 19.1. The van der Waals surface area contributed by atoms with E-state index in [4.69, 9.17) is 11.5 Å². The van der Waals surface area contributed by atoms with Crippen LogP contribution in [0.15, 0.2) is 24.8 Å². The average Bonchev–Trinajstić information content (AvgIpc) is 3.02. The van der Waals surface area contributed by atoms with E-state index < -0.39 is 5.54 Å². The summed E-state index contributed by atoms with van der Waals surface area (Å²) < 4.78 is 0. The summed E-state index contributed by atoms with van der Waals surface area (Å²) in [7, 11) is 0. The van der Waals surface area contributed by atoms with E-state index in [1.165, 1.54) is 173 Å². The molecule has 46 heavy (non-hydrogen) atoms. The number of nitrogens with zero attached hydrogens (tertiary/aromatic N) is 1. The summed E-state index contributed by atoms with van der Waals surface area (Å²) >= 11 is 0. The molecule has 278 valence electrons. The molecule has 0 aromatic rings. The Bertz CT molecular complexity index is 650. The monoisotopic (exact) mass is 712 g/mol. The number of allylic oxidation sites excluding steroid dienone is 2. The fourth-order valence-electron chi connectivity index (χ4n) is 5.91. The minimum atomic E-state index is -1.14. The predicted molar refractivity (Wildman–Crippen MR) is 214 cm³/mol. The van der Waals surface area contributed by atoms with Gasteiger partial charge in [0.05, 0.1) is 0 Å². The predicted octanol–water partition coefficient (Wildman–Crippen LogP) is 12.4. The van der Waals surface area contributed by atoms with E-state index in [1.54, 1.807) is 0 Å². The lowest BCUT2D eigenvalue weighted by atomic mass is 9.98. The Labute approximate surface area is 306 Å². The number of nitrogens with two attached hydrogens (primary N) is 2. The Kier molecular flexibility index (Phi) is 46.7. The molecular formula is C39H80Cl3N3O.